The number of benzene rings is 3. The summed E-state index contributed by atoms with van der Waals surface area (Å²) in [5, 5.41) is 0. The molecule has 0 aliphatic rings. The predicted octanol–water partition coefficient (Wildman–Crippen LogP) is 8.35. The number of nitrogens with zero attached hydrogens (tertiary/aromatic N) is 1. The highest BCUT2D eigenvalue weighted by Crippen LogP contribution is 2.27. The smallest absolute Gasteiger partial charge is 0.119 e. The highest BCUT2D eigenvalue weighted by atomic mass is 16.5. The van der Waals surface area contributed by atoms with Crippen molar-refractivity contribution in [1.82, 2.24) is 4.98 Å². The fraction of sp³-hybridized carbons (Fsp3) is 0.233. The number of ether oxygens (including phenoxy) is 1. The summed E-state index contributed by atoms with van der Waals surface area (Å²) in [6, 6.07) is 29.8. The molecule has 0 aliphatic carbocycles. The van der Waals surface area contributed by atoms with E-state index in [2.05, 4.69) is 98.8 Å². The van der Waals surface area contributed by atoms with Crippen LogP contribution in [0.25, 0.3) is 33.5 Å². The third-order valence-corrected chi connectivity index (χ3v) is 5.78. The Morgan fingerprint density at radius 2 is 1.16 bits per heavy atom. The molecule has 0 fully saturated rings. The van der Waals surface area contributed by atoms with Gasteiger partial charge in [0.25, 0.3) is 0 Å². The van der Waals surface area contributed by atoms with Gasteiger partial charge in [-0.2, -0.15) is 0 Å². The maximum absolute atomic E-state index is 5.86. The van der Waals surface area contributed by atoms with Crippen molar-refractivity contribution in [2.75, 3.05) is 6.61 Å². The van der Waals surface area contributed by atoms with Crippen molar-refractivity contribution in [2.45, 2.75) is 39.5 Å². The molecule has 2 nitrogen and oxygen atoms in total. The molecule has 0 saturated carbocycles. The minimum atomic E-state index is 0.795. The van der Waals surface area contributed by atoms with E-state index in [4.69, 9.17) is 9.72 Å². The summed E-state index contributed by atoms with van der Waals surface area (Å²) < 4.78 is 5.86. The molecule has 1 aromatic heterocycles. The van der Waals surface area contributed by atoms with Gasteiger partial charge in [0.05, 0.1) is 12.3 Å². The number of unbranched alkanes of at least 4 members (excludes halogenated alkanes) is 3. The molecule has 1 heterocycles. The van der Waals surface area contributed by atoms with E-state index < -0.39 is 0 Å². The molecular formula is C30H31NO. The molecule has 0 spiro atoms. The Kier molecular flexibility index (Phi) is 7.34. The number of aromatic nitrogens is 1. The molecule has 4 aromatic rings. The van der Waals surface area contributed by atoms with Crippen LogP contribution in [0.1, 0.15) is 38.2 Å². The molecule has 0 atom stereocenters. The van der Waals surface area contributed by atoms with Gasteiger partial charge in [-0.1, -0.05) is 98.5 Å². The third kappa shape index (κ3) is 5.64. The van der Waals surface area contributed by atoms with E-state index in [-0.39, 0.29) is 0 Å². The Morgan fingerprint density at radius 3 is 1.78 bits per heavy atom. The van der Waals surface area contributed by atoms with E-state index >= 15 is 0 Å². The quantitative estimate of drug-likeness (QED) is 0.253. The molecule has 32 heavy (non-hydrogen) atoms. The standard InChI is InChI=1S/C30H31NO/c1-3-4-5-6-21-32-29-18-15-25(16-19-29)24-11-13-27(14-12-24)30-20-17-28(22-31-30)26-9-7-23(2)8-10-26/h7-20,22H,3-6,21H2,1-2H3. The SMILES string of the molecule is CCCCCCOc1ccc(-c2ccc(-c3ccc(-c4ccc(C)cc4)cn3)cc2)cc1. The number of aryl methyl sites for hydroxylation is 1. The normalized spacial score (nSPS) is 10.8. The number of hydrogen-bond donors (Lipinski definition) is 0. The lowest BCUT2D eigenvalue weighted by atomic mass is 10.0. The molecule has 2 heteroatoms. The Labute approximate surface area is 191 Å². The molecule has 3 aromatic carbocycles. The Balaban J connectivity index is 1.39. The van der Waals surface area contributed by atoms with Crippen LogP contribution in [0.3, 0.4) is 0 Å². The van der Waals surface area contributed by atoms with Crippen LogP contribution in [-0.4, -0.2) is 11.6 Å². The van der Waals surface area contributed by atoms with Crippen LogP contribution in [0.4, 0.5) is 0 Å². The van der Waals surface area contributed by atoms with E-state index in [0.29, 0.717) is 0 Å². The summed E-state index contributed by atoms with van der Waals surface area (Å²) >= 11 is 0. The molecule has 4 rings (SSSR count). The zero-order valence-corrected chi connectivity index (χ0v) is 19.1. The van der Waals surface area contributed by atoms with Crippen molar-refractivity contribution >= 4 is 0 Å². The number of pyridine rings is 1. The van der Waals surface area contributed by atoms with E-state index in [9.17, 15) is 0 Å². The highest BCUT2D eigenvalue weighted by molar-refractivity contribution is 5.71. The summed E-state index contributed by atoms with van der Waals surface area (Å²) in [5.74, 6) is 0.944. The number of rotatable bonds is 9. The van der Waals surface area contributed by atoms with E-state index in [0.717, 1.165) is 35.6 Å². The predicted molar refractivity (Wildman–Crippen MR) is 135 cm³/mol. The second kappa shape index (κ2) is 10.8. The molecule has 0 amide bonds. The van der Waals surface area contributed by atoms with Gasteiger partial charge in [-0.05, 0) is 48.2 Å². The van der Waals surface area contributed by atoms with Crippen molar-refractivity contribution in [1.29, 1.82) is 0 Å². The van der Waals surface area contributed by atoms with Crippen LogP contribution in [0, 0.1) is 6.92 Å². The molecule has 162 valence electrons. The van der Waals surface area contributed by atoms with Crippen LogP contribution in [-0.2, 0) is 0 Å². The van der Waals surface area contributed by atoms with Crippen molar-refractivity contribution in [2.24, 2.45) is 0 Å². The first-order valence-corrected chi connectivity index (χ1v) is 11.6. The van der Waals surface area contributed by atoms with Crippen molar-refractivity contribution in [3.05, 3.63) is 96.7 Å². The van der Waals surface area contributed by atoms with Crippen molar-refractivity contribution in [3.63, 3.8) is 0 Å². The summed E-state index contributed by atoms with van der Waals surface area (Å²) in [6.07, 6.45) is 6.85. The van der Waals surface area contributed by atoms with Gasteiger partial charge in [0.15, 0.2) is 0 Å². The first kappa shape index (κ1) is 21.8. The second-order valence-corrected chi connectivity index (χ2v) is 8.31. The van der Waals surface area contributed by atoms with Gasteiger partial charge in [-0.15, -0.1) is 0 Å². The Hall–Kier alpha value is -3.39. The van der Waals surface area contributed by atoms with E-state index in [1.165, 1.54) is 41.5 Å². The first-order valence-electron chi connectivity index (χ1n) is 11.6. The molecular weight excluding hydrogens is 390 g/mol. The first-order chi connectivity index (χ1) is 15.7. The number of hydrogen-bond acceptors (Lipinski definition) is 2. The van der Waals surface area contributed by atoms with Crippen LogP contribution in [0.2, 0.25) is 0 Å². The second-order valence-electron chi connectivity index (χ2n) is 8.31. The average molecular weight is 422 g/mol. The Morgan fingerprint density at radius 1 is 0.594 bits per heavy atom. The fourth-order valence-electron chi connectivity index (χ4n) is 3.78. The van der Waals surface area contributed by atoms with Crippen LogP contribution in [0.5, 0.6) is 5.75 Å². The fourth-order valence-corrected chi connectivity index (χ4v) is 3.78. The largest absolute Gasteiger partial charge is 0.494 e. The topological polar surface area (TPSA) is 22.1 Å². The lowest BCUT2D eigenvalue weighted by Gasteiger charge is -2.08. The van der Waals surface area contributed by atoms with Crippen molar-refractivity contribution < 1.29 is 4.74 Å². The monoisotopic (exact) mass is 421 g/mol. The zero-order valence-electron chi connectivity index (χ0n) is 19.1. The van der Waals surface area contributed by atoms with E-state index in [1.54, 1.807) is 0 Å². The van der Waals surface area contributed by atoms with Gasteiger partial charge in [0.2, 0.25) is 0 Å². The molecule has 0 bridgehead atoms. The van der Waals surface area contributed by atoms with Crippen molar-refractivity contribution in [3.8, 4) is 39.3 Å². The van der Waals surface area contributed by atoms with Gasteiger partial charge in [-0.25, -0.2) is 0 Å². The van der Waals surface area contributed by atoms with Gasteiger partial charge in [0.1, 0.15) is 5.75 Å². The minimum Gasteiger partial charge on any atom is -0.494 e. The maximum Gasteiger partial charge on any atom is 0.119 e. The van der Waals surface area contributed by atoms with Crippen LogP contribution in [0.15, 0.2) is 91.1 Å². The highest BCUT2D eigenvalue weighted by Gasteiger charge is 2.04. The lowest BCUT2D eigenvalue weighted by molar-refractivity contribution is 0.305. The molecule has 0 radical (unpaired) electrons. The summed E-state index contributed by atoms with van der Waals surface area (Å²) in [7, 11) is 0. The van der Waals surface area contributed by atoms with Gasteiger partial charge in [0, 0.05) is 17.3 Å². The summed E-state index contributed by atoms with van der Waals surface area (Å²) in [6.45, 7) is 5.13. The van der Waals surface area contributed by atoms with Gasteiger partial charge >= 0.3 is 0 Å². The molecule has 0 aliphatic heterocycles. The molecule has 0 unspecified atom stereocenters. The lowest BCUT2D eigenvalue weighted by Crippen LogP contribution is -1.96. The Bertz CT molecular complexity index is 1100. The third-order valence-electron chi connectivity index (χ3n) is 5.78. The maximum atomic E-state index is 5.86. The average Bonchev–Trinajstić information content (AvgIpc) is 2.85. The van der Waals surface area contributed by atoms with E-state index in [1.807, 2.05) is 6.20 Å². The summed E-state index contributed by atoms with van der Waals surface area (Å²) in [5.41, 5.74) is 8.09. The van der Waals surface area contributed by atoms with Gasteiger partial charge in [-0.3, -0.25) is 4.98 Å². The molecule has 0 N–H and O–H groups in total. The van der Waals surface area contributed by atoms with Crippen LogP contribution >= 0.6 is 0 Å². The van der Waals surface area contributed by atoms with Crippen LogP contribution < -0.4 is 4.74 Å². The minimum absolute atomic E-state index is 0.795. The molecule has 0 saturated heterocycles. The summed E-state index contributed by atoms with van der Waals surface area (Å²) in [4.78, 5) is 4.69. The zero-order chi connectivity index (χ0) is 22.2. The van der Waals surface area contributed by atoms with Gasteiger partial charge < -0.3 is 4.74 Å².